The molecule has 5 heteroatoms. The number of amides is 2. The number of carbonyl (C=O) groups is 2. The van der Waals surface area contributed by atoms with Crippen molar-refractivity contribution in [2.45, 2.75) is 26.3 Å². The van der Waals surface area contributed by atoms with Crippen LogP contribution in [0, 0.1) is 0 Å². The van der Waals surface area contributed by atoms with Gasteiger partial charge in [0.25, 0.3) is 0 Å². The second-order valence-corrected chi connectivity index (χ2v) is 6.65. The molecule has 0 N–H and O–H groups in total. The number of nitrogens with zero attached hydrogens (tertiary/aromatic N) is 2. The number of fused-ring (bicyclic) bond motifs is 1. The van der Waals surface area contributed by atoms with Crippen molar-refractivity contribution in [2.75, 3.05) is 18.0 Å². The monoisotopic (exact) mass is 356 g/mol. The molecule has 0 saturated heterocycles. The van der Waals surface area contributed by atoms with E-state index in [1.807, 2.05) is 36.4 Å². The van der Waals surface area contributed by atoms with Crippen LogP contribution in [0.3, 0.4) is 0 Å². The van der Waals surface area contributed by atoms with Gasteiger partial charge >= 0.3 is 0 Å². The van der Waals surface area contributed by atoms with Crippen LogP contribution in [0.25, 0.3) is 0 Å². The Morgan fingerprint density at radius 3 is 2.60 bits per heavy atom. The summed E-state index contributed by atoms with van der Waals surface area (Å²) in [5.74, 6) is -0.201. The van der Waals surface area contributed by atoms with Gasteiger partial charge < -0.3 is 9.80 Å². The number of aryl methyl sites for hydroxylation is 1. The first-order valence-electron chi connectivity index (χ1n) is 8.43. The smallest absolute Gasteiger partial charge is 0.246 e. The van der Waals surface area contributed by atoms with Crippen LogP contribution in [-0.2, 0) is 22.6 Å². The number of hydrogen-bond acceptors (Lipinski definition) is 2. The van der Waals surface area contributed by atoms with E-state index in [-0.39, 0.29) is 18.4 Å². The summed E-state index contributed by atoms with van der Waals surface area (Å²) >= 11 is 6.19. The molecule has 2 aromatic carbocycles. The third kappa shape index (κ3) is 4.02. The molecule has 0 fully saturated rings. The maximum atomic E-state index is 12.8. The van der Waals surface area contributed by atoms with E-state index in [9.17, 15) is 9.59 Å². The maximum Gasteiger partial charge on any atom is 0.246 e. The number of carbonyl (C=O) groups excluding carboxylic acids is 2. The van der Waals surface area contributed by atoms with Gasteiger partial charge in [-0.25, -0.2) is 0 Å². The molecule has 1 heterocycles. The minimum atomic E-state index is -0.140. The van der Waals surface area contributed by atoms with Crippen molar-refractivity contribution >= 4 is 29.1 Å². The Morgan fingerprint density at radius 1 is 1.12 bits per heavy atom. The zero-order valence-electron chi connectivity index (χ0n) is 14.2. The third-order valence-corrected chi connectivity index (χ3v) is 4.87. The van der Waals surface area contributed by atoms with E-state index >= 15 is 0 Å². The van der Waals surface area contributed by atoms with E-state index in [2.05, 4.69) is 6.07 Å². The number of benzene rings is 2. The molecule has 0 atom stereocenters. The molecule has 0 aromatic heterocycles. The molecule has 2 amide bonds. The molecule has 0 saturated carbocycles. The molecule has 4 nitrogen and oxygen atoms in total. The predicted molar refractivity (Wildman–Crippen MR) is 99.7 cm³/mol. The molecule has 1 aliphatic heterocycles. The maximum absolute atomic E-state index is 12.8. The fourth-order valence-electron chi connectivity index (χ4n) is 3.15. The van der Waals surface area contributed by atoms with E-state index in [0.29, 0.717) is 18.1 Å². The summed E-state index contributed by atoms with van der Waals surface area (Å²) in [4.78, 5) is 28.2. The average molecular weight is 357 g/mol. The highest BCUT2D eigenvalue weighted by molar-refractivity contribution is 6.31. The minimum absolute atomic E-state index is 0.0505. The van der Waals surface area contributed by atoms with E-state index in [0.717, 1.165) is 24.1 Å². The van der Waals surface area contributed by atoms with Gasteiger partial charge in [0.2, 0.25) is 11.8 Å². The van der Waals surface area contributed by atoms with Gasteiger partial charge in [0, 0.05) is 30.7 Å². The molecular weight excluding hydrogens is 336 g/mol. The van der Waals surface area contributed by atoms with E-state index in [4.69, 9.17) is 11.6 Å². The highest BCUT2D eigenvalue weighted by Crippen LogP contribution is 2.27. The van der Waals surface area contributed by atoms with Crippen LogP contribution >= 0.6 is 11.6 Å². The van der Waals surface area contributed by atoms with Crippen LogP contribution in [0.15, 0.2) is 48.5 Å². The van der Waals surface area contributed by atoms with Gasteiger partial charge in [-0.3, -0.25) is 9.59 Å². The Balaban J connectivity index is 1.76. The van der Waals surface area contributed by atoms with Gasteiger partial charge in [0.15, 0.2) is 0 Å². The standard InChI is InChI=1S/C20H21ClN2O2/c1-15(24)22(13-17-8-2-4-10-18(17)21)14-20(25)23-12-6-9-16-7-3-5-11-19(16)23/h2-5,7-8,10-11H,6,9,12-14H2,1H3. The summed E-state index contributed by atoms with van der Waals surface area (Å²) in [6, 6.07) is 15.3. The van der Waals surface area contributed by atoms with Crippen molar-refractivity contribution in [2.24, 2.45) is 0 Å². The van der Waals surface area contributed by atoms with Crippen LogP contribution in [-0.4, -0.2) is 29.8 Å². The Morgan fingerprint density at radius 2 is 1.84 bits per heavy atom. The normalized spacial score (nSPS) is 13.3. The van der Waals surface area contributed by atoms with E-state index < -0.39 is 0 Å². The lowest BCUT2D eigenvalue weighted by molar-refractivity contribution is -0.134. The lowest BCUT2D eigenvalue weighted by atomic mass is 10.0. The van der Waals surface area contributed by atoms with Gasteiger partial charge in [0.05, 0.1) is 0 Å². The third-order valence-electron chi connectivity index (χ3n) is 4.50. The first-order chi connectivity index (χ1) is 12.1. The van der Waals surface area contributed by atoms with Crippen LogP contribution in [0.2, 0.25) is 5.02 Å². The molecule has 25 heavy (non-hydrogen) atoms. The largest absolute Gasteiger partial charge is 0.329 e. The second-order valence-electron chi connectivity index (χ2n) is 6.24. The summed E-state index contributed by atoms with van der Waals surface area (Å²) in [7, 11) is 0. The van der Waals surface area contributed by atoms with Crippen molar-refractivity contribution in [3.8, 4) is 0 Å². The quantitative estimate of drug-likeness (QED) is 0.838. The lowest BCUT2D eigenvalue weighted by Crippen LogP contribution is -2.44. The summed E-state index contributed by atoms with van der Waals surface area (Å²) in [6.45, 7) is 2.55. The fourth-order valence-corrected chi connectivity index (χ4v) is 3.35. The number of anilines is 1. The molecule has 2 aromatic rings. The Kier molecular flexibility index (Phi) is 5.39. The number of hydrogen-bond donors (Lipinski definition) is 0. The molecule has 0 aliphatic carbocycles. The van der Waals surface area contributed by atoms with Crippen molar-refractivity contribution in [3.63, 3.8) is 0 Å². The number of halogens is 1. The zero-order chi connectivity index (χ0) is 17.8. The lowest BCUT2D eigenvalue weighted by Gasteiger charge is -2.31. The average Bonchev–Trinajstić information content (AvgIpc) is 2.62. The van der Waals surface area contributed by atoms with Gasteiger partial charge in [-0.15, -0.1) is 0 Å². The Bertz CT molecular complexity index is 791. The summed E-state index contributed by atoms with van der Waals surface area (Å²) in [5, 5.41) is 0.601. The Labute approximate surface area is 153 Å². The summed E-state index contributed by atoms with van der Waals surface area (Å²) < 4.78 is 0. The van der Waals surface area contributed by atoms with Crippen molar-refractivity contribution in [1.82, 2.24) is 4.90 Å². The number of rotatable bonds is 4. The second kappa shape index (κ2) is 7.70. The molecule has 0 radical (unpaired) electrons. The highest BCUT2D eigenvalue weighted by Gasteiger charge is 2.25. The van der Waals surface area contributed by atoms with Crippen LogP contribution in [0.4, 0.5) is 5.69 Å². The minimum Gasteiger partial charge on any atom is -0.329 e. The van der Waals surface area contributed by atoms with E-state index in [1.165, 1.54) is 12.5 Å². The Hall–Kier alpha value is -2.33. The van der Waals surface area contributed by atoms with Crippen LogP contribution in [0.5, 0.6) is 0 Å². The van der Waals surface area contributed by atoms with Gasteiger partial charge in [-0.1, -0.05) is 48.0 Å². The fraction of sp³-hybridized carbons (Fsp3) is 0.300. The molecular formula is C20H21ClN2O2. The molecule has 0 bridgehead atoms. The molecule has 0 unspecified atom stereocenters. The first-order valence-corrected chi connectivity index (χ1v) is 8.81. The SMILES string of the molecule is CC(=O)N(CC(=O)N1CCCc2ccccc21)Cc1ccccc1Cl. The van der Waals surface area contributed by atoms with Gasteiger partial charge in [0.1, 0.15) is 6.54 Å². The summed E-state index contributed by atoms with van der Waals surface area (Å²) in [6.07, 6.45) is 1.92. The van der Waals surface area contributed by atoms with Crippen molar-refractivity contribution in [1.29, 1.82) is 0 Å². The van der Waals surface area contributed by atoms with Crippen LogP contribution in [0.1, 0.15) is 24.5 Å². The topological polar surface area (TPSA) is 40.6 Å². The predicted octanol–water partition coefficient (Wildman–Crippen LogP) is 3.67. The first kappa shape index (κ1) is 17.5. The van der Waals surface area contributed by atoms with Crippen molar-refractivity contribution in [3.05, 3.63) is 64.7 Å². The molecule has 1 aliphatic rings. The van der Waals surface area contributed by atoms with Crippen LogP contribution < -0.4 is 4.90 Å². The van der Waals surface area contributed by atoms with Gasteiger partial charge in [-0.2, -0.15) is 0 Å². The van der Waals surface area contributed by atoms with E-state index in [1.54, 1.807) is 15.9 Å². The highest BCUT2D eigenvalue weighted by atomic mass is 35.5. The zero-order valence-corrected chi connectivity index (χ0v) is 15.0. The summed E-state index contributed by atoms with van der Waals surface area (Å²) in [5.41, 5.74) is 2.98. The molecule has 130 valence electrons. The molecule has 3 rings (SSSR count). The van der Waals surface area contributed by atoms with Crippen molar-refractivity contribution < 1.29 is 9.59 Å². The van der Waals surface area contributed by atoms with Gasteiger partial charge in [-0.05, 0) is 36.1 Å². The molecule has 0 spiro atoms. The number of para-hydroxylation sites is 1.